The molecule has 0 bridgehead atoms. The van der Waals surface area contributed by atoms with E-state index in [4.69, 9.17) is 29.2 Å². The first-order chi connectivity index (χ1) is 20.6. The number of hydrogen-bond donors (Lipinski definition) is 2. The number of carbonyl (C=O) groups is 3. The monoisotopic (exact) mass is 629 g/mol. The van der Waals surface area contributed by atoms with Gasteiger partial charge in [0.2, 0.25) is 5.91 Å². The van der Waals surface area contributed by atoms with E-state index in [1.807, 2.05) is 0 Å². The summed E-state index contributed by atoms with van der Waals surface area (Å²) in [5.41, 5.74) is 7.57. The van der Waals surface area contributed by atoms with E-state index in [1.165, 1.54) is 12.1 Å². The molecule has 2 atom stereocenters. The molecule has 2 amide bonds. The minimum atomic E-state index is -3.79. The Labute approximate surface area is 252 Å². The molecule has 15 nitrogen and oxygen atoms in total. The van der Waals surface area contributed by atoms with Crippen LogP contribution in [-0.4, -0.2) is 104 Å². The molecule has 2 N–H and O–H groups in total. The Bertz CT molecular complexity index is 1110. The number of alkyl carbamates (subject to hydrolysis) is 1. The van der Waals surface area contributed by atoms with E-state index in [1.54, 1.807) is 39.0 Å². The topological polar surface area (TPSA) is 204 Å². The average Bonchev–Trinajstić information content (AvgIpc) is 2.97. The standard InChI is InChI=1S/C27H43N5O10S/c1-4-41-25(31-32-28)19-40-18-17-39-16-15-38-14-11-24(34)29-21-27(2,3)23(30-26(35)42-13-8-12-33)20-43(36,37)22-9-6-5-7-10-22/h5-7,9-10,12,23,25H,4,8,11,13-21H2,1-3H3,(H,29,34)(H,30,35). The van der Waals surface area contributed by atoms with E-state index in [9.17, 15) is 22.8 Å². The summed E-state index contributed by atoms with van der Waals surface area (Å²) in [6.45, 7) is 6.92. The first-order valence-corrected chi connectivity index (χ1v) is 15.5. The van der Waals surface area contributed by atoms with E-state index in [-0.39, 0.29) is 69.8 Å². The fraction of sp³-hybridized carbons (Fsp3) is 0.667. The number of ether oxygens (including phenoxy) is 5. The summed E-state index contributed by atoms with van der Waals surface area (Å²) < 4.78 is 52.5. The molecule has 0 radical (unpaired) electrons. The Morgan fingerprint density at radius 2 is 1.70 bits per heavy atom. The van der Waals surface area contributed by atoms with Crippen LogP contribution >= 0.6 is 0 Å². The number of amides is 2. The maximum Gasteiger partial charge on any atom is 0.407 e. The van der Waals surface area contributed by atoms with Gasteiger partial charge >= 0.3 is 6.09 Å². The third-order valence-corrected chi connectivity index (χ3v) is 7.71. The highest BCUT2D eigenvalue weighted by atomic mass is 32.2. The molecule has 0 heterocycles. The van der Waals surface area contributed by atoms with Crippen molar-refractivity contribution in [2.24, 2.45) is 10.5 Å². The smallest absolute Gasteiger partial charge is 0.407 e. The fourth-order valence-electron chi connectivity index (χ4n) is 3.48. The summed E-state index contributed by atoms with van der Waals surface area (Å²) in [6, 6.07) is 6.91. The number of rotatable bonds is 24. The molecule has 1 aromatic rings. The van der Waals surface area contributed by atoms with Gasteiger partial charge in [-0.15, -0.1) is 0 Å². The van der Waals surface area contributed by atoms with Gasteiger partial charge in [-0.25, -0.2) is 13.2 Å². The molecule has 43 heavy (non-hydrogen) atoms. The highest BCUT2D eigenvalue weighted by Crippen LogP contribution is 2.24. The van der Waals surface area contributed by atoms with E-state index in [2.05, 4.69) is 20.7 Å². The molecule has 1 rings (SSSR count). The van der Waals surface area contributed by atoms with Crippen LogP contribution in [0.5, 0.6) is 0 Å². The zero-order chi connectivity index (χ0) is 32.0. The van der Waals surface area contributed by atoms with E-state index in [0.29, 0.717) is 19.5 Å². The summed E-state index contributed by atoms with van der Waals surface area (Å²) in [6.07, 6.45) is -0.870. The third kappa shape index (κ3) is 16.8. The van der Waals surface area contributed by atoms with Gasteiger partial charge in [0.15, 0.2) is 16.1 Å². The van der Waals surface area contributed by atoms with Crippen molar-refractivity contribution >= 4 is 28.1 Å². The Kier molecular flexibility index (Phi) is 18.8. The second kappa shape index (κ2) is 21.4. The van der Waals surface area contributed by atoms with E-state index in [0.717, 1.165) is 0 Å². The number of azide groups is 1. The Morgan fingerprint density at radius 1 is 1.05 bits per heavy atom. The van der Waals surface area contributed by atoms with Crippen LogP contribution in [0.25, 0.3) is 10.4 Å². The number of sulfone groups is 1. The van der Waals surface area contributed by atoms with Crippen molar-refractivity contribution in [2.45, 2.75) is 50.8 Å². The zero-order valence-corrected chi connectivity index (χ0v) is 25.8. The van der Waals surface area contributed by atoms with Gasteiger partial charge in [-0.1, -0.05) is 37.2 Å². The van der Waals surface area contributed by atoms with Crippen LogP contribution in [0.2, 0.25) is 0 Å². The minimum Gasteiger partial charge on any atom is -0.449 e. The Hall–Kier alpha value is -3.27. The molecule has 1 aromatic carbocycles. The quantitative estimate of drug-likeness (QED) is 0.0561. The number of nitrogens with zero attached hydrogens (tertiary/aromatic N) is 3. The molecular formula is C27H43N5O10S. The first kappa shape index (κ1) is 37.8. The van der Waals surface area contributed by atoms with Crippen LogP contribution in [0.15, 0.2) is 40.3 Å². The number of benzene rings is 1. The maximum atomic E-state index is 13.1. The van der Waals surface area contributed by atoms with Gasteiger partial charge in [0, 0.05) is 36.3 Å². The van der Waals surface area contributed by atoms with Crippen molar-refractivity contribution in [2.75, 3.05) is 65.2 Å². The molecular weight excluding hydrogens is 586 g/mol. The lowest BCUT2D eigenvalue weighted by atomic mass is 9.85. The number of carbonyl (C=O) groups excluding carboxylic acids is 3. The van der Waals surface area contributed by atoms with Crippen molar-refractivity contribution in [3.63, 3.8) is 0 Å². The van der Waals surface area contributed by atoms with Crippen LogP contribution < -0.4 is 10.6 Å². The molecule has 0 saturated heterocycles. The zero-order valence-electron chi connectivity index (χ0n) is 24.9. The number of hydrogen-bond acceptors (Lipinski definition) is 11. The summed E-state index contributed by atoms with van der Waals surface area (Å²) >= 11 is 0. The maximum absolute atomic E-state index is 13.1. The van der Waals surface area contributed by atoms with Gasteiger partial charge in [0.1, 0.15) is 6.29 Å². The van der Waals surface area contributed by atoms with Gasteiger partial charge < -0.3 is 39.1 Å². The highest BCUT2D eigenvalue weighted by Gasteiger charge is 2.36. The Balaban J connectivity index is 2.47. The van der Waals surface area contributed by atoms with E-state index >= 15 is 0 Å². The lowest BCUT2D eigenvalue weighted by Crippen LogP contribution is -2.53. The van der Waals surface area contributed by atoms with Gasteiger partial charge in [-0.05, 0) is 24.6 Å². The van der Waals surface area contributed by atoms with Crippen LogP contribution in [0, 0.1) is 5.41 Å². The number of aldehydes is 1. The second-order valence-corrected chi connectivity index (χ2v) is 11.8. The number of nitrogens with one attached hydrogen (secondary N) is 2. The fourth-order valence-corrected chi connectivity index (χ4v) is 5.22. The SMILES string of the molecule is CCOC(COCCOCCOCCC(=O)NCC(C)(C)C(CS(=O)(=O)c1ccccc1)NC(=O)OCCC=O)N=[N+]=[N-]. The molecule has 0 aromatic heterocycles. The Morgan fingerprint density at radius 3 is 2.33 bits per heavy atom. The van der Waals surface area contributed by atoms with Crippen molar-refractivity contribution in [3.8, 4) is 0 Å². The largest absolute Gasteiger partial charge is 0.449 e. The summed E-state index contributed by atoms with van der Waals surface area (Å²) in [4.78, 5) is 38.1. The van der Waals surface area contributed by atoms with Crippen molar-refractivity contribution in [1.82, 2.24) is 10.6 Å². The van der Waals surface area contributed by atoms with Crippen molar-refractivity contribution in [3.05, 3.63) is 40.8 Å². The van der Waals surface area contributed by atoms with Gasteiger partial charge in [-0.2, -0.15) is 0 Å². The minimum absolute atomic E-state index is 0.0119. The molecule has 2 unspecified atom stereocenters. The summed E-state index contributed by atoms with van der Waals surface area (Å²) in [7, 11) is -3.79. The van der Waals surface area contributed by atoms with Crippen LogP contribution in [0.3, 0.4) is 0 Å². The van der Waals surface area contributed by atoms with Crippen LogP contribution in [0.1, 0.15) is 33.6 Å². The van der Waals surface area contributed by atoms with Crippen molar-refractivity contribution in [1.29, 1.82) is 0 Å². The summed E-state index contributed by atoms with van der Waals surface area (Å²) in [5.74, 6) is -0.748. The van der Waals surface area contributed by atoms with E-state index < -0.39 is 39.4 Å². The third-order valence-electron chi connectivity index (χ3n) is 5.95. The predicted octanol–water partition coefficient (Wildman–Crippen LogP) is 2.40. The molecule has 0 spiro atoms. The van der Waals surface area contributed by atoms with Crippen LogP contribution in [-0.2, 0) is 43.1 Å². The average molecular weight is 630 g/mol. The van der Waals surface area contributed by atoms with Gasteiger partial charge in [-0.3, -0.25) is 4.79 Å². The lowest BCUT2D eigenvalue weighted by molar-refractivity contribution is -0.122. The molecule has 0 saturated carbocycles. The molecule has 0 fully saturated rings. The van der Waals surface area contributed by atoms with Crippen molar-refractivity contribution < 1.29 is 46.5 Å². The normalized spacial score (nSPS) is 12.9. The molecule has 242 valence electrons. The summed E-state index contributed by atoms with van der Waals surface area (Å²) in [5, 5.41) is 8.82. The van der Waals surface area contributed by atoms with Crippen LogP contribution in [0.4, 0.5) is 4.79 Å². The second-order valence-electron chi connectivity index (χ2n) is 9.81. The predicted molar refractivity (Wildman–Crippen MR) is 156 cm³/mol. The van der Waals surface area contributed by atoms with Gasteiger partial charge in [0.25, 0.3) is 0 Å². The first-order valence-electron chi connectivity index (χ1n) is 13.9. The molecule has 0 aliphatic rings. The molecule has 0 aliphatic carbocycles. The molecule has 16 heteroatoms. The van der Waals surface area contributed by atoms with Gasteiger partial charge in [0.05, 0.1) is 62.9 Å². The lowest BCUT2D eigenvalue weighted by Gasteiger charge is -2.34. The molecule has 0 aliphatic heterocycles. The highest BCUT2D eigenvalue weighted by molar-refractivity contribution is 7.91.